The van der Waals surface area contributed by atoms with E-state index >= 15 is 0 Å². The van der Waals surface area contributed by atoms with Gasteiger partial charge in [-0.2, -0.15) is 10.2 Å². The van der Waals surface area contributed by atoms with Gasteiger partial charge in [0.05, 0.1) is 0 Å². The van der Waals surface area contributed by atoms with E-state index in [4.69, 9.17) is 23.4 Å². The molecule has 9 nitrogen and oxygen atoms in total. The summed E-state index contributed by atoms with van der Waals surface area (Å²) < 4.78 is 24.9. The molecule has 188 valence electrons. The molecule has 0 saturated carbocycles. The van der Waals surface area contributed by atoms with Crippen LogP contribution in [0.15, 0.2) is 107 Å². The fraction of sp³-hybridized carbons (Fsp3) is 0.0333. The van der Waals surface area contributed by atoms with Crippen molar-refractivity contribution in [1.82, 2.24) is 9.55 Å². The Labute approximate surface area is 220 Å². The van der Waals surface area contributed by atoms with Gasteiger partial charge in [-0.15, -0.1) is 0 Å². The van der Waals surface area contributed by atoms with Crippen molar-refractivity contribution in [3.63, 3.8) is 0 Å². The summed E-state index contributed by atoms with van der Waals surface area (Å²) in [5, 5.41) is 10.3. The number of furan rings is 2. The summed E-state index contributed by atoms with van der Waals surface area (Å²) in [7, 11) is 0. The van der Waals surface area contributed by atoms with Crippen LogP contribution in [0.4, 0.5) is 6.01 Å². The molecule has 1 aliphatic heterocycles. The number of hydrogen-bond acceptors (Lipinski definition) is 8. The smallest absolute Gasteiger partial charge is 0.362 e. The molecule has 9 heteroatoms. The Kier molecular flexibility index (Phi) is 4.99. The lowest BCUT2D eigenvalue weighted by Gasteiger charge is -2.16. The molecule has 1 unspecified atom stereocenters. The zero-order chi connectivity index (χ0) is 26.5. The van der Waals surface area contributed by atoms with Gasteiger partial charge in [0.1, 0.15) is 51.6 Å². The molecule has 39 heavy (non-hydrogen) atoms. The summed E-state index contributed by atoms with van der Waals surface area (Å²) in [6.07, 6.45) is 1.53. The van der Waals surface area contributed by atoms with Crippen molar-refractivity contribution in [3.8, 4) is 34.6 Å². The number of hydrogen-bond donors (Lipinski definition) is 1. The highest BCUT2D eigenvalue weighted by Crippen LogP contribution is 2.39. The number of nitrogens with zero attached hydrogens (tertiary/aromatic N) is 3. The highest BCUT2D eigenvalue weighted by molar-refractivity contribution is 5.73. The van der Waals surface area contributed by atoms with E-state index in [2.05, 4.69) is 11.1 Å². The molecule has 5 heterocycles. The molecule has 0 bridgehead atoms. The van der Waals surface area contributed by atoms with Crippen LogP contribution in [-0.2, 0) is 0 Å². The minimum Gasteiger partial charge on any atom is -0.460 e. The lowest BCUT2D eigenvalue weighted by atomic mass is 9.92. The number of fused-ring (bicyclic) bond motifs is 3. The number of aromatic nitrogens is 2. The summed E-state index contributed by atoms with van der Waals surface area (Å²) in [5.74, 6) is 1.46. The van der Waals surface area contributed by atoms with Crippen LogP contribution in [-0.4, -0.2) is 9.55 Å². The maximum Gasteiger partial charge on any atom is 0.362 e. The zero-order valence-corrected chi connectivity index (χ0v) is 20.2. The number of benzene rings is 2. The Hall–Kier alpha value is -5.75. The number of nitriles is 1. The molecule has 0 amide bonds. The lowest BCUT2D eigenvalue weighted by Crippen LogP contribution is -2.35. The average molecular weight is 514 g/mol. The van der Waals surface area contributed by atoms with Gasteiger partial charge in [-0.1, -0.05) is 60.7 Å². The van der Waals surface area contributed by atoms with E-state index in [-0.39, 0.29) is 28.4 Å². The van der Waals surface area contributed by atoms with Crippen LogP contribution < -0.4 is 22.3 Å². The maximum absolute atomic E-state index is 13.1. The number of rotatable bonds is 4. The molecule has 1 atom stereocenters. The molecule has 1 aliphatic rings. The average Bonchev–Trinajstić information content (AvgIpc) is 3.76. The van der Waals surface area contributed by atoms with E-state index in [1.165, 1.54) is 10.6 Å². The molecule has 2 aromatic carbocycles. The molecule has 6 aromatic rings. The summed E-state index contributed by atoms with van der Waals surface area (Å²) >= 11 is 0. The summed E-state index contributed by atoms with van der Waals surface area (Å²) in [5.41, 5.74) is 7.52. The Morgan fingerprint density at radius 3 is 2.21 bits per heavy atom. The first-order valence-corrected chi connectivity index (χ1v) is 12.1. The molecular formula is C30H18N4O5. The van der Waals surface area contributed by atoms with Gasteiger partial charge in [0.15, 0.2) is 0 Å². The third kappa shape index (κ3) is 3.62. The fourth-order valence-electron chi connectivity index (χ4n) is 4.81. The predicted octanol–water partition coefficient (Wildman–Crippen LogP) is 4.17. The minimum absolute atomic E-state index is 0.00917. The third-order valence-corrected chi connectivity index (χ3v) is 6.54. The van der Waals surface area contributed by atoms with Crippen molar-refractivity contribution >= 4 is 17.7 Å². The second kappa shape index (κ2) is 8.68. The van der Waals surface area contributed by atoms with Gasteiger partial charge >= 0.3 is 5.63 Å². The Bertz CT molecular complexity index is 2070. The van der Waals surface area contributed by atoms with Gasteiger partial charge in [0, 0.05) is 17.2 Å². The standard InChI is InChI=1S/C30H18N4O5/c31-16-20-25(24-14-13-23(37-24)18-9-5-2-6-10-18)26-28(39-30(32)33-26)34-21(29(35)38-27(20)34)15-19-11-12-22(36-19)17-7-3-1-4-8-17/h1-15,25H,(H2,32,33)/b21-15+. The van der Waals surface area contributed by atoms with Crippen LogP contribution in [0.2, 0.25) is 0 Å². The summed E-state index contributed by atoms with van der Waals surface area (Å²) in [6.45, 7) is 0. The second-order valence-electron chi connectivity index (χ2n) is 8.90. The van der Waals surface area contributed by atoms with Gasteiger partial charge < -0.3 is 23.4 Å². The number of nitrogens with two attached hydrogens (primary N) is 1. The predicted molar refractivity (Wildman–Crippen MR) is 141 cm³/mol. The van der Waals surface area contributed by atoms with Gasteiger partial charge in [0.2, 0.25) is 11.4 Å². The van der Waals surface area contributed by atoms with Crippen LogP contribution in [0.25, 0.3) is 40.2 Å². The molecule has 0 aliphatic carbocycles. The van der Waals surface area contributed by atoms with Gasteiger partial charge in [-0.05, 0) is 24.3 Å². The van der Waals surface area contributed by atoms with Crippen molar-refractivity contribution in [2.45, 2.75) is 5.92 Å². The molecule has 0 spiro atoms. The zero-order valence-electron chi connectivity index (χ0n) is 20.2. The first kappa shape index (κ1) is 22.4. The van der Waals surface area contributed by atoms with Gasteiger partial charge in [-0.25, -0.2) is 9.36 Å². The first-order valence-electron chi connectivity index (χ1n) is 12.1. The van der Waals surface area contributed by atoms with Crippen molar-refractivity contribution < 1.29 is 17.7 Å². The topological polar surface area (TPSA) is 137 Å². The lowest BCUT2D eigenvalue weighted by molar-refractivity contribution is 0.448. The quantitative estimate of drug-likeness (QED) is 0.370. The van der Waals surface area contributed by atoms with Gasteiger partial charge in [-0.3, -0.25) is 0 Å². The highest BCUT2D eigenvalue weighted by atomic mass is 16.4. The summed E-state index contributed by atoms with van der Waals surface area (Å²) in [6, 6.07) is 28.3. The highest BCUT2D eigenvalue weighted by Gasteiger charge is 2.38. The van der Waals surface area contributed by atoms with Crippen LogP contribution >= 0.6 is 0 Å². The molecule has 0 radical (unpaired) electrons. The van der Waals surface area contributed by atoms with Crippen molar-refractivity contribution in [2.75, 3.05) is 5.73 Å². The third-order valence-electron chi connectivity index (χ3n) is 6.54. The molecule has 7 rings (SSSR count). The van der Waals surface area contributed by atoms with Crippen LogP contribution in [0.5, 0.6) is 0 Å². The number of oxazole rings is 2. The number of nitrogen functional groups attached to an aromatic ring is 1. The van der Waals surface area contributed by atoms with E-state index < -0.39 is 11.5 Å². The second-order valence-corrected chi connectivity index (χ2v) is 8.90. The van der Waals surface area contributed by atoms with E-state index in [1.54, 1.807) is 12.1 Å². The van der Waals surface area contributed by atoms with Crippen LogP contribution in [0.1, 0.15) is 23.1 Å². The maximum atomic E-state index is 13.1. The molecule has 0 saturated heterocycles. The minimum atomic E-state index is -0.796. The van der Waals surface area contributed by atoms with Crippen molar-refractivity contribution in [3.05, 3.63) is 123 Å². The first-order chi connectivity index (χ1) is 19.1. The molecule has 4 aromatic heterocycles. The molecular weight excluding hydrogens is 496 g/mol. The van der Waals surface area contributed by atoms with E-state index in [0.717, 1.165) is 11.1 Å². The SMILES string of the molecule is N#CC1=c2oc(=O)/c(=C\c3ccc(-c4ccccc4)o3)n2-c2oc(N)nc2C1c1ccc(-c2ccccc2)o1. The monoisotopic (exact) mass is 514 g/mol. The number of anilines is 1. The van der Waals surface area contributed by atoms with Crippen LogP contribution in [0, 0.1) is 11.3 Å². The van der Waals surface area contributed by atoms with Crippen molar-refractivity contribution in [1.29, 1.82) is 5.26 Å². The largest absolute Gasteiger partial charge is 0.460 e. The van der Waals surface area contributed by atoms with E-state index in [0.29, 0.717) is 28.7 Å². The van der Waals surface area contributed by atoms with Crippen molar-refractivity contribution in [2.24, 2.45) is 0 Å². The van der Waals surface area contributed by atoms with E-state index in [1.807, 2.05) is 72.8 Å². The van der Waals surface area contributed by atoms with Gasteiger partial charge in [0.25, 0.3) is 6.01 Å². The summed E-state index contributed by atoms with van der Waals surface area (Å²) in [4.78, 5) is 17.5. The molecule has 2 N–H and O–H groups in total. The Morgan fingerprint density at radius 1 is 0.846 bits per heavy atom. The Balaban J connectivity index is 1.42. The van der Waals surface area contributed by atoms with E-state index in [9.17, 15) is 10.1 Å². The normalized spacial score (nSPS) is 14.7. The fourth-order valence-corrected chi connectivity index (χ4v) is 4.81. The van der Waals surface area contributed by atoms with Crippen LogP contribution in [0.3, 0.4) is 0 Å². The molecule has 0 fully saturated rings. The Morgan fingerprint density at radius 2 is 1.51 bits per heavy atom.